The maximum atomic E-state index is 12.9. The quantitative estimate of drug-likeness (QED) is 0.622. The molecule has 0 spiro atoms. The minimum Gasteiger partial charge on any atom is -0.479 e. The molecule has 2 amide bonds. The number of alkyl carbamates (subject to hydrolysis) is 1. The first-order valence-corrected chi connectivity index (χ1v) is 11.6. The molecule has 0 aromatic heterocycles. The lowest BCUT2D eigenvalue weighted by atomic mass is 9.73. The van der Waals surface area contributed by atoms with E-state index in [4.69, 9.17) is 9.47 Å². The highest BCUT2D eigenvalue weighted by molar-refractivity contribution is 5.91. The smallest absolute Gasteiger partial charge is 0.407 e. The molecule has 0 radical (unpaired) electrons. The molecule has 8 heteroatoms. The summed E-state index contributed by atoms with van der Waals surface area (Å²) in [5.74, 6) is -1.07. The van der Waals surface area contributed by atoms with Crippen molar-refractivity contribution in [3.05, 3.63) is 59.7 Å². The van der Waals surface area contributed by atoms with Crippen LogP contribution in [0.4, 0.5) is 4.79 Å². The van der Waals surface area contributed by atoms with E-state index in [2.05, 4.69) is 29.6 Å². The van der Waals surface area contributed by atoms with Gasteiger partial charge in [0, 0.05) is 32.5 Å². The Morgan fingerprint density at radius 1 is 1.09 bits per heavy atom. The van der Waals surface area contributed by atoms with Crippen molar-refractivity contribution in [2.75, 3.05) is 26.8 Å². The Kier molecular flexibility index (Phi) is 5.77. The number of hydrogen-bond donors (Lipinski definition) is 2. The highest BCUT2D eigenvalue weighted by Crippen LogP contribution is 2.51. The molecule has 2 aromatic rings. The van der Waals surface area contributed by atoms with Crippen LogP contribution in [0.2, 0.25) is 0 Å². The lowest BCUT2D eigenvalue weighted by Gasteiger charge is -2.38. The molecule has 2 bridgehead atoms. The number of rotatable bonds is 8. The molecule has 2 heterocycles. The number of benzene rings is 2. The van der Waals surface area contributed by atoms with Crippen molar-refractivity contribution in [2.45, 2.75) is 36.8 Å². The molecule has 2 saturated heterocycles. The number of carbonyl (C=O) groups excluding carboxylic acids is 2. The van der Waals surface area contributed by atoms with Gasteiger partial charge in [-0.25, -0.2) is 9.59 Å². The van der Waals surface area contributed by atoms with Crippen molar-refractivity contribution in [3.63, 3.8) is 0 Å². The van der Waals surface area contributed by atoms with Crippen LogP contribution in [0.25, 0.3) is 11.1 Å². The molecular weight excluding hydrogens is 436 g/mol. The summed E-state index contributed by atoms with van der Waals surface area (Å²) in [6, 6.07) is 16.2. The van der Waals surface area contributed by atoms with Crippen LogP contribution in [0.15, 0.2) is 48.5 Å². The molecule has 178 valence electrons. The molecule has 8 nitrogen and oxygen atoms in total. The minimum absolute atomic E-state index is 0.0275. The maximum absolute atomic E-state index is 12.9. The third-order valence-electron chi connectivity index (χ3n) is 7.45. The zero-order chi connectivity index (χ0) is 23.9. The summed E-state index contributed by atoms with van der Waals surface area (Å²) in [6.07, 6.45) is -0.138. The van der Waals surface area contributed by atoms with Crippen LogP contribution >= 0.6 is 0 Å². The van der Waals surface area contributed by atoms with E-state index in [-0.39, 0.29) is 37.3 Å². The van der Waals surface area contributed by atoms with Gasteiger partial charge in [0.1, 0.15) is 18.2 Å². The summed E-state index contributed by atoms with van der Waals surface area (Å²) in [5.41, 5.74) is 3.51. The molecule has 1 atom stereocenters. The Morgan fingerprint density at radius 3 is 2.29 bits per heavy atom. The van der Waals surface area contributed by atoms with Gasteiger partial charge in [0.25, 0.3) is 5.91 Å². The molecule has 6 rings (SSSR count). The van der Waals surface area contributed by atoms with Gasteiger partial charge in [-0.15, -0.1) is 0 Å². The SMILES string of the molecule is COC(CCNC(=O)OCC1c2ccccc2-c2ccccc21)C(=O)N1CC2CC1(C(=O)O)C2. The first-order valence-electron chi connectivity index (χ1n) is 11.6. The first-order chi connectivity index (χ1) is 16.4. The Labute approximate surface area is 197 Å². The number of ether oxygens (including phenoxy) is 2. The predicted octanol–water partition coefficient (Wildman–Crippen LogP) is 3.01. The van der Waals surface area contributed by atoms with Crippen LogP contribution < -0.4 is 5.32 Å². The zero-order valence-electron chi connectivity index (χ0n) is 19.0. The Morgan fingerprint density at radius 2 is 1.71 bits per heavy atom. The molecule has 34 heavy (non-hydrogen) atoms. The van der Waals surface area contributed by atoms with Crippen molar-refractivity contribution >= 4 is 18.0 Å². The maximum Gasteiger partial charge on any atom is 0.407 e. The monoisotopic (exact) mass is 464 g/mol. The number of carboxylic acid groups (broad SMARTS) is 1. The minimum atomic E-state index is -1.08. The van der Waals surface area contributed by atoms with Gasteiger partial charge in [0.2, 0.25) is 0 Å². The normalized spacial score (nSPS) is 23.0. The summed E-state index contributed by atoms with van der Waals surface area (Å²) in [4.78, 5) is 38.5. The lowest BCUT2D eigenvalue weighted by molar-refractivity contribution is -0.162. The van der Waals surface area contributed by atoms with Gasteiger partial charge in [-0.3, -0.25) is 4.79 Å². The van der Waals surface area contributed by atoms with Gasteiger partial charge in [0.05, 0.1) is 0 Å². The van der Waals surface area contributed by atoms with E-state index in [0.717, 1.165) is 22.3 Å². The molecular formula is C26H28N2O6. The number of carboxylic acids is 1. The van der Waals surface area contributed by atoms with Crippen molar-refractivity contribution in [3.8, 4) is 11.1 Å². The summed E-state index contributed by atoms with van der Waals surface area (Å²) < 4.78 is 10.9. The zero-order valence-corrected chi connectivity index (χ0v) is 19.0. The van der Waals surface area contributed by atoms with Crippen LogP contribution in [-0.2, 0) is 19.1 Å². The fourth-order valence-corrected chi connectivity index (χ4v) is 5.74. The van der Waals surface area contributed by atoms with Crippen LogP contribution in [0.3, 0.4) is 0 Å². The highest BCUT2D eigenvalue weighted by Gasteiger charge is 2.63. The number of nitrogens with zero attached hydrogens (tertiary/aromatic N) is 1. The average molecular weight is 465 g/mol. The number of hydrogen-bond acceptors (Lipinski definition) is 5. The van der Waals surface area contributed by atoms with Gasteiger partial charge in [-0.05, 0) is 41.0 Å². The van der Waals surface area contributed by atoms with Crippen molar-refractivity contribution in [1.82, 2.24) is 10.2 Å². The van der Waals surface area contributed by atoms with Crippen LogP contribution in [-0.4, -0.2) is 66.4 Å². The largest absolute Gasteiger partial charge is 0.479 e. The number of nitrogens with one attached hydrogen (secondary N) is 1. The van der Waals surface area contributed by atoms with Crippen LogP contribution in [0, 0.1) is 5.92 Å². The van der Waals surface area contributed by atoms with Gasteiger partial charge >= 0.3 is 12.1 Å². The van der Waals surface area contributed by atoms with E-state index < -0.39 is 23.7 Å². The third-order valence-corrected chi connectivity index (χ3v) is 7.45. The predicted molar refractivity (Wildman–Crippen MR) is 123 cm³/mol. The summed E-state index contributed by atoms with van der Waals surface area (Å²) >= 11 is 0. The molecule has 2 aliphatic heterocycles. The van der Waals surface area contributed by atoms with Crippen LogP contribution in [0.1, 0.15) is 36.3 Å². The molecule has 2 aromatic carbocycles. The number of methoxy groups -OCH3 is 1. The molecule has 1 saturated carbocycles. The summed E-state index contributed by atoms with van der Waals surface area (Å²) in [6.45, 7) is 0.839. The van der Waals surface area contributed by atoms with E-state index in [1.165, 1.54) is 12.0 Å². The van der Waals surface area contributed by atoms with Crippen molar-refractivity contribution in [2.24, 2.45) is 5.92 Å². The first kappa shape index (κ1) is 22.4. The van der Waals surface area contributed by atoms with E-state index in [0.29, 0.717) is 19.4 Å². The fourth-order valence-electron chi connectivity index (χ4n) is 5.74. The standard InChI is InChI=1S/C26H28N2O6/c1-33-22(23(29)28-14-16-12-26(28,13-16)24(30)31)10-11-27-25(32)34-15-21-19-8-4-2-6-17(19)18-7-3-5-9-20(18)21/h2-9,16,21-22H,10-15H2,1H3,(H,27,32)(H,30,31). The molecule has 2 N–H and O–H groups in total. The Balaban J connectivity index is 1.14. The summed E-state index contributed by atoms with van der Waals surface area (Å²) in [7, 11) is 1.42. The van der Waals surface area contributed by atoms with Gasteiger partial charge in [0.15, 0.2) is 0 Å². The lowest BCUT2D eigenvalue weighted by Crippen LogP contribution is -2.57. The van der Waals surface area contributed by atoms with Crippen molar-refractivity contribution in [1.29, 1.82) is 0 Å². The van der Waals surface area contributed by atoms with Gasteiger partial charge in [-0.1, -0.05) is 48.5 Å². The molecule has 3 fully saturated rings. The van der Waals surface area contributed by atoms with Gasteiger partial charge in [-0.2, -0.15) is 0 Å². The highest BCUT2D eigenvalue weighted by atomic mass is 16.5. The second-order valence-corrected chi connectivity index (χ2v) is 9.33. The molecule has 1 unspecified atom stereocenters. The average Bonchev–Trinajstić information content (AvgIpc) is 3.49. The second kappa shape index (κ2) is 8.76. The molecule has 2 aliphatic carbocycles. The number of fused-ring (bicyclic) bond motifs is 4. The molecule has 4 aliphatic rings. The Hall–Kier alpha value is -3.39. The van der Waals surface area contributed by atoms with Gasteiger partial charge < -0.3 is 24.8 Å². The van der Waals surface area contributed by atoms with E-state index in [1.54, 1.807) is 0 Å². The topological polar surface area (TPSA) is 105 Å². The second-order valence-electron chi connectivity index (χ2n) is 9.33. The fraction of sp³-hybridized carbons (Fsp3) is 0.423. The van der Waals surface area contributed by atoms with E-state index in [1.807, 2.05) is 24.3 Å². The van der Waals surface area contributed by atoms with Crippen molar-refractivity contribution < 1.29 is 29.0 Å². The summed E-state index contributed by atoms with van der Waals surface area (Å²) in [5, 5.41) is 12.3. The van der Waals surface area contributed by atoms with E-state index in [9.17, 15) is 19.5 Å². The Bertz CT molecular complexity index is 1080. The number of carbonyl (C=O) groups is 3. The number of amides is 2. The van der Waals surface area contributed by atoms with E-state index >= 15 is 0 Å². The third kappa shape index (κ3) is 3.62. The van der Waals surface area contributed by atoms with Crippen LogP contribution in [0.5, 0.6) is 0 Å². The number of aliphatic carboxylic acids is 1.